The molecule has 0 N–H and O–H groups in total. The molecule has 0 radical (unpaired) electrons. The number of hydrogen-bond acceptors (Lipinski definition) is 2. The Morgan fingerprint density at radius 3 is 3.06 bits per heavy atom. The van der Waals surface area contributed by atoms with Gasteiger partial charge in [0.25, 0.3) is 5.91 Å². The van der Waals surface area contributed by atoms with Crippen molar-refractivity contribution in [1.82, 2.24) is 9.88 Å². The van der Waals surface area contributed by atoms with Crippen molar-refractivity contribution in [3.63, 3.8) is 0 Å². The molecular formula is C12H13ClN2O. The summed E-state index contributed by atoms with van der Waals surface area (Å²) in [4.78, 5) is 17.9. The number of aromatic nitrogens is 1. The van der Waals surface area contributed by atoms with Crippen LogP contribution in [0.3, 0.4) is 0 Å². The average molecular weight is 237 g/mol. The number of rotatable bonds is 1. The normalized spacial score (nSPS) is 15.9. The van der Waals surface area contributed by atoms with E-state index in [1.165, 1.54) is 11.8 Å². The number of pyridine rings is 1. The van der Waals surface area contributed by atoms with E-state index in [1.54, 1.807) is 17.2 Å². The van der Waals surface area contributed by atoms with Gasteiger partial charge in [-0.05, 0) is 19.4 Å². The molecule has 4 heteroatoms. The number of nitrogens with zero attached hydrogens (tertiary/aromatic N) is 2. The van der Waals surface area contributed by atoms with E-state index in [0.717, 1.165) is 13.0 Å². The van der Waals surface area contributed by atoms with Gasteiger partial charge in [-0.1, -0.05) is 23.3 Å². The molecule has 0 fully saturated rings. The largest absolute Gasteiger partial charge is 0.334 e. The molecule has 2 heterocycles. The molecule has 1 aliphatic rings. The lowest BCUT2D eigenvalue weighted by molar-refractivity contribution is 0.0765. The van der Waals surface area contributed by atoms with Gasteiger partial charge < -0.3 is 4.90 Å². The zero-order valence-corrected chi connectivity index (χ0v) is 9.87. The van der Waals surface area contributed by atoms with Gasteiger partial charge >= 0.3 is 0 Å². The maximum absolute atomic E-state index is 12.1. The highest BCUT2D eigenvalue weighted by Gasteiger charge is 2.20. The molecule has 1 aromatic rings. The molecule has 16 heavy (non-hydrogen) atoms. The second kappa shape index (κ2) is 4.66. The minimum absolute atomic E-state index is 0.0365. The smallest absolute Gasteiger partial charge is 0.257 e. The first-order valence-electron chi connectivity index (χ1n) is 5.23. The Hall–Kier alpha value is -1.35. The standard InChI is InChI=1S/C12H13ClN2O/c1-9-3-2-6-15(8-9)12(16)10-7-14-5-4-11(10)13/h3-5,7H,2,6,8H2,1H3. The molecule has 0 aliphatic carbocycles. The average Bonchev–Trinajstić information content (AvgIpc) is 2.29. The minimum atomic E-state index is -0.0365. The van der Waals surface area contributed by atoms with Crippen molar-refractivity contribution in [2.24, 2.45) is 0 Å². The highest BCUT2D eigenvalue weighted by atomic mass is 35.5. The van der Waals surface area contributed by atoms with E-state index in [-0.39, 0.29) is 5.91 Å². The van der Waals surface area contributed by atoms with Gasteiger partial charge in [0, 0.05) is 25.5 Å². The lowest BCUT2D eigenvalue weighted by Crippen LogP contribution is -2.35. The SMILES string of the molecule is CC1=CCCN(C(=O)c2cnccc2Cl)C1. The van der Waals surface area contributed by atoms with E-state index in [0.29, 0.717) is 17.1 Å². The zero-order chi connectivity index (χ0) is 11.5. The van der Waals surface area contributed by atoms with Crippen molar-refractivity contribution >= 4 is 17.5 Å². The van der Waals surface area contributed by atoms with E-state index in [9.17, 15) is 4.79 Å². The molecular weight excluding hydrogens is 224 g/mol. The minimum Gasteiger partial charge on any atom is -0.334 e. The predicted molar refractivity (Wildman–Crippen MR) is 63.5 cm³/mol. The summed E-state index contributed by atoms with van der Waals surface area (Å²) >= 11 is 5.97. The van der Waals surface area contributed by atoms with Crippen LogP contribution in [0.1, 0.15) is 23.7 Å². The van der Waals surface area contributed by atoms with Gasteiger partial charge in [0.15, 0.2) is 0 Å². The van der Waals surface area contributed by atoms with Crippen molar-refractivity contribution in [1.29, 1.82) is 0 Å². The first-order chi connectivity index (χ1) is 7.68. The van der Waals surface area contributed by atoms with Gasteiger partial charge in [-0.3, -0.25) is 9.78 Å². The van der Waals surface area contributed by atoms with Crippen LogP contribution < -0.4 is 0 Å². The van der Waals surface area contributed by atoms with E-state index < -0.39 is 0 Å². The molecule has 0 bridgehead atoms. The number of amides is 1. The lowest BCUT2D eigenvalue weighted by Gasteiger charge is -2.26. The van der Waals surface area contributed by atoms with Crippen molar-refractivity contribution in [2.75, 3.05) is 13.1 Å². The van der Waals surface area contributed by atoms with Gasteiger partial charge in [-0.15, -0.1) is 0 Å². The maximum Gasteiger partial charge on any atom is 0.257 e. The van der Waals surface area contributed by atoms with Crippen molar-refractivity contribution in [3.8, 4) is 0 Å². The molecule has 1 aromatic heterocycles. The van der Waals surface area contributed by atoms with Crippen LogP contribution in [0.15, 0.2) is 30.1 Å². The lowest BCUT2D eigenvalue weighted by atomic mass is 10.1. The summed E-state index contributed by atoms with van der Waals surface area (Å²) in [5, 5.41) is 0.465. The number of hydrogen-bond donors (Lipinski definition) is 0. The fourth-order valence-electron chi connectivity index (χ4n) is 1.79. The van der Waals surface area contributed by atoms with Crippen molar-refractivity contribution < 1.29 is 4.79 Å². The third-order valence-corrected chi connectivity index (χ3v) is 2.95. The van der Waals surface area contributed by atoms with Crippen LogP contribution in [0.4, 0.5) is 0 Å². The molecule has 0 aromatic carbocycles. The van der Waals surface area contributed by atoms with Crippen LogP contribution in [-0.4, -0.2) is 28.9 Å². The molecule has 0 unspecified atom stereocenters. The maximum atomic E-state index is 12.1. The van der Waals surface area contributed by atoms with E-state index in [2.05, 4.69) is 11.1 Å². The van der Waals surface area contributed by atoms with Crippen LogP contribution in [0.25, 0.3) is 0 Å². The van der Waals surface area contributed by atoms with Crippen molar-refractivity contribution in [2.45, 2.75) is 13.3 Å². The number of carbonyl (C=O) groups is 1. The van der Waals surface area contributed by atoms with Crippen LogP contribution in [0.2, 0.25) is 5.02 Å². The fourth-order valence-corrected chi connectivity index (χ4v) is 1.98. The molecule has 1 amide bonds. The van der Waals surface area contributed by atoms with Gasteiger partial charge in [-0.2, -0.15) is 0 Å². The Balaban J connectivity index is 2.20. The predicted octanol–water partition coefficient (Wildman–Crippen LogP) is 2.53. The molecule has 0 spiro atoms. The Labute approximate surface area is 99.7 Å². The summed E-state index contributed by atoms with van der Waals surface area (Å²) in [6.07, 6.45) is 6.18. The second-order valence-corrected chi connectivity index (χ2v) is 4.33. The summed E-state index contributed by atoms with van der Waals surface area (Å²) in [6.45, 7) is 3.47. The molecule has 0 saturated carbocycles. The Morgan fingerprint density at radius 1 is 1.56 bits per heavy atom. The van der Waals surface area contributed by atoms with Gasteiger partial charge in [0.2, 0.25) is 0 Å². The Kier molecular flexibility index (Phi) is 3.25. The van der Waals surface area contributed by atoms with Crippen LogP contribution in [0.5, 0.6) is 0 Å². The van der Waals surface area contributed by atoms with Gasteiger partial charge in [0.1, 0.15) is 0 Å². The summed E-state index contributed by atoms with van der Waals surface area (Å²) in [5.41, 5.74) is 1.71. The molecule has 1 aliphatic heterocycles. The molecule has 2 rings (SSSR count). The zero-order valence-electron chi connectivity index (χ0n) is 9.11. The van der Waals surface area contributed by atoms with Gasteiger partial charge in [0.05, 0.1) is 10.6 Å². The summed E-state index contributed by atoms with van der Waals surface area (Å²) < 4.78 is 0. The van der Waals surface area contributed by atoms with E-state index in [4.69, 9.17) is 11.6 Å². The summed E-state index contributed by atoms with van der Waals surface area (Å²) in [6, 6.07) is 1.64. The van der Waals surface area contributed by atoms with Crippen LogP contribution in [-0.2, 0) is 0 Å². The third kappa shape index (κ3) is 2.25. The van der Waals surface area contributed by atoms with Crippen LogP contribution >= 0.6 is 11.6 Å². The number of carbonyl (C=O) groups excluding carboxylic acids is 1. The summed E-state index contributed by atoms with van der Waals surface area (Å²) in [7, 11) is 0. The van der Waals surface area contributed by atoms with Crippen molar-refractivity contribution in [3.05, 3.63) is 40.7 Å². The highest BCUT2D eigenvalue weighted by molar-refractivity contribution is 6.33. The topological polar surface area (TPSA) is 33.2 Å². The Morgan fingerprint density at radius 2 is 2.38 bits per heavy atom. The van der Waals surface area contributed by atoms with E-state index in [1.807, 2.05) is 6.92 Å². The quantitative estimate of drug-likeness (QED) is 0.702. The van der Waals surface area contributed by atoms with E-state index >= 15 is 0 Å². The summed E-state index contributed by atoms with van der Waals surface area (Å²) in [5.74, 6) is -0.0365. The second-order valence-electron chi connectivity index (χ2n) is 3.92. The number of halogens is 1. The van der Waals surface area contributed by atoms with Crippen LogP contribution in [0, 0.1) is 0 Å². The Bertz CT molecular complexity index is 442. The third-order valence-electron chi connectivity index (χ3n) is 2.62. The molecule has 0 atom stereocenters. The molecule has 84 valence electrons. The first kappa shape index (κ1) is 11.1. The fraction of sp³-hybridized carbons (Fsp3) is 0.333. The highest BCUT2D eigenvalue weighted by Crippen LogP contribution is 2.18. The van der Waals surface area contributed by atoms with Gasteiger partial charge in [-0.25, -0.2) is 0 Å². The molecule has 0 saturated heterocycles. The monoisotopic (exact) mass is 236 g/mol. The molecule has 3 nitrogen and oxygen atoms in total. The first-order valence-corrected chi connectivity index (χ1v) is 5.60.